The minimum Gasteiger partial charge on any atom is -0.490 e. The van der Waals surface area contributed by atoms with Crippen LogP contribution in [0.15, 0.2) is 66.4 Å². The highest BCUT2D eigenvalue weighted by Crippen LogP contribution is 2.38. The van der Waals surface area contributed by atoms with Crippen LogP contribution >= 0.6 is 11.6 Å². The summed E-state index contributed by atoms with van der Waals surface area (Å²) in [6, 6.07) is 15.8. The lowest BCUT2D eigenvalue weighted by Crippen LogP contribution is -2.38. The van der Waals surface area contributed by atoms with Gasteiger partial charge in [0.05, 0.1) is 11.6 Å². The minimum absolute atomic E-state index is 0.0307. The molecule has 1 aliphatic rings. The van der Waals surface area contributed by atoms with Gasteiger partial charge in [0.2, 0.25) is 5.91 Å². The zero-order valence-electron chi connectivity index (χ0n) is 20.7. The number of carbonyl (C=O) groups is 3. The van der Waals surface area contributed by atoms with Crippen LogP contribution in [0.3, 0.4) is 0 Å². The number of anilines is 1. The van der Waals surface area contributed by atoms with Crippen molar-refractivity contribution in [2.75, 3.05) is 18.5 Å². The molecule has 0 radical (unpaired) electrons. The number of urea groups is 1. The number of imide groups is 1. The van der Waals surface area contributed by atoms with Gasteiger partial charge in [0.15, 0.2) is 11.5 Å². The van der Waals surface area contributed by atoms with Gasteiger partial charge in [-0.25, -0.2) is 14.1 Å². The van der Waals surface area contributed by atoms with Crippen LogP contribution < -0.4 is 20.1 Å². The number of halogens is 2. The topological polar surface area (TPSA) is 97.0 Å². The van der Waals surface area contributed by atoms with E-state index in [1.165, 1.54) is 18.2 Å². The standard InChI is InChI=1S/C28H25ClFN3O5/c1-3-37-24-14-18(12-21(29)26(24)38-16-19-8-4-5-10-22(19)30)13-23-27(35)33(28(36)32-23)15-25(34)31-20-9-6-7-17(2)11-20/h4-14H,3,15-16H2,1-2H3,(H,31,34)(H,32,36)/b23-13+. The smallest absolute Gasteiger partial charge is 0.329 e. The quantitative estimate of drug-likeness (QED) is 0.285. The summed E-state index contributed by atoms with van der Waals surface area (Å²) >= 11 is 6.45. The molecule has 0 bridgehead atoms. The molecule has 1 fully saturated rings. The van der Waals surface area contributed by atoms with E-state index in [0.29, 0.717) is 23.4 Å². The van der Waals surface area contributed by atoms with Crippen molar-refractivity contribution in [1.82, 2.24) is 10.2 Å². The third-order valence-corrected chi connectivity index (χ3v) is 5.82. The molecule has 3 aromatic carbocycles. The maximum absolute atomic E-state index is 14.0. The summed E-state index contributed by atoms with van der Waals surface area (Å²) < 4.78 is 25.4. The van der Waals surface area contributed by atoms with Gasteiger partial charge in [-0.3, -0.25) is 9.59 Å². The highest BCUT2D eigenvalue weighted by atomic mass is 35.5. The number of amides is 4. The van der Waals surface area contributed by atoms with E-state index in [1.54, 1.807) is 49.4 Å². The number of aryl methyl sites for hydroxylation is 1. The Hall–Kier alpha value is -4.37. The maximum atomic E-state index is 14.0. The van der Waals surface area contributed by atoms with Gasteiger partial charge < -0.3 is 20.1 Å². The molecular formula is C28H25ClFN3O5. The monoisotopic (exact) mass is 537 g/mol. The van der Waals surface area contributed by atoms with Crippen molar-refractivity contribution in [2.45, 2.75) is 20.5 Å². The predicted molar refractivity (Wildman–Crippen MR) is 141 cm³/mol. The normalized spacial score (nSPS) is 14.0. The first kappa shape index (κ1) is 26.7. The van der Waals surface area contributed by atoms with Gasteiger partial charge in [0.1, 0.15) is 24.7 Å². The number of ether oxygens (including phenoxy) is 2. The van der Waals surface area contributed by atoms with Crippen molar-refractivity contribution in [3.05, 3.63) is 93.9 Å². The van der Waals surface area contributed by atoms with E-state index in [2.05, 4.69) is 10.6 Å². The number of nitrogens with zero attached hydrogens (tertiary/aromatic N) is 1. The first-order chi connectivity index (χ1) is 18.2. The van der Waals surface area contributed by atoms with Crippen molar-refractivity contribution < 1.29 is 28.2 Å². The summed E-state index contributed by atoms with van der Waals surface area (Å²) in [6.45, 7) is 3.44. The number of hydrogen-bond acceptors (Lipinski definition) is 5. The van der Waals surface area contributed by atoms with E-state index < -0.39 is 30.2 Å². The van der Waals surface area contributed by atoms with Gasteiger partial charge in [0, 0.05) is 11.3 Å². The van der Waals surface area contributed by atoms with Crippen molar-refractivity contribution >= 4 is 41.2 Å². The Kier molecular flexibility index (Phi) is 8.28. The van der Waals surface area contributed by atoms with Gasteiger partial charge >= 0.3 is 6.03 Å². The van der Waals surface area contributed by atoms with Crippen LogP contribution in [0.5, 0.6) is 11.5 Å². The highest BCUT2D eigenvalue weighted by Gasteiger charge is 2.35. The van der Waals surface area contributed by atoms with E-state index in [9.17, 15) is 18.8 Å². The van der Waals surface area contributed by atoms with E-state index >= 15 is 0 Å². The Balaban J connectivity index is 1.50. The Bertz CT molecular complexity index is 1430. The zero-order valence-corrected chi connectivity index (χ0v) is 21.5. The second kappa shape index (κ2) is 11.8. The molecule has 4 amide bonds. The van der Waals surface area contributed by atoms with Gasteiger partial charge in [0.25, 0.3) is 5.91 Å². The molecule has 196 valence electrons. The second-order valence-corrected chi connectivity index (χ2v) is 8.85. The first-order valence-electron chi connectivity index (χ1n) is 11.8. The Morgan fingerprint density at radius 2 is 1.89 bits per heavy atom. The lowest BCUT2D eigenvalue weighted by atomic mass is 10.1. The molecule has 4 rings (SSSR count). The molecule has 1 heterocycles. The van der Waals surface area contributed by atoms with Crippen molar-refractivity contribution in [1.29, 1.82) is 0 Å². The average Bonchev–Trinajstić information content (AvgIpc) is 3.12. The largest absolute Gasteiger partial charge is 0.490 e. The van der Waals surface area contributed by atoms with Crippen molar-refractivity contribution in [3.63, 3.8) is 0 Å². The maximum Gasteiger partial charge on any atom is 0.329 e. The predicted octanol–water partition coefficient (Wildman–Crippen LogP) is 5.30. The van der Waals surface area contributed by atoms with Gasteiger partial charge in [-0.05, 0) is 61.4 Å². The van der Waals surface area contributed by atoms with Crippen LogP contribution in [0.4, 0.5) is 14.9 Å². The highest BCUT2D eigenvalue weighted by molar-refractivity contribution is 6.32. The van der Waals surface area contributed by atoms with Crippen LogP contribution in [0.25, 0.3) is 6.08 Å². The number of benzene rings is 3. The molecule has 0 atom stereocenters. The molecule has 10 heteroatoms. The minimum atomic E-state index is -0.721. The molecule has 38 heavy (non-hydrogen) atoms. The summed E-state index contributed by atoms with van der Waals surface area (Å²) in [5.41, 5.74) is 2.29. The van der Waals surface area contributed by atoms with Crippen LogP contribution in [-0.2, 0) is 16.2 Å². The van der Waals surface area contributed by atoms with E-state index in [1.807, 2.05) is 13.0 Å². The fourth-order valence-electron chi connectivity index (χ4n) is 3.79. The van der Waals surface area contributed by atoms with Crippen LogP contribution in [-0.4, -0.2) is 35.9 Å². The molecule has 0 aliphatic carbocycles. The van der Waals surface area contributed by atoms with Gasteiger partial charge in [-0.1, -0.05) is 41.9 Å². The van der Waals surface area contributed by atoms with Crippen LogP contribution in [0.2, 0.25) is 5.02 Å². The van der Waals surface area contributed by atoms with Crippen LogP contribution in [0.1, 0.15) is 23.6 Å². The molecule has 0 unspecified atom stereocenters. The number of nitrogens with one attached hydrogen (secondary N) is 2. The first-order valence-corrected chi connectivity index (χ1v) is 12.2. The lowest BCUT2D eigenvalue weighted by molar-refractivity contribution is -0.127. The molecule has 1 saturated heterocycles. The number of hydrogen-bond donors (Lipinski definition) is 2. The van der Waals surface area contributed by atoms with Crippen molar-refractivity contribution in [2.24, 2.45) is 0 Å². The Labute approximate surface area is 224 Å². The van der Waals surface area contributed by atoms with E-state index in [-0.39, 0.29) is 28.8 Å². The lowest BCUT2D eigenvalue weighted by Gasteiger charge is -2.15. The number of carbonyl (C=O) groups excluding carboxylic acids is 3. The Morgan fingerprint density at radius 3 is 2.63 bits per heavy atom. The summed E-state index contributed by atoms with van der Waals surface area (Å²) in [4.78, 5) is 38.6. The third kappa shape index (κ3) is 6.30. The molecule has 3 aromatic rings. The fourth-order valence-corrected chi connectivity index (χ4v) is 4.06. The summed E-state index contributed by atoms with van der Waals surface area (Å²) in [6.07, 6.45) is 1.42. The van der Waals surface area contributed by atoms with E-state index in [0.717, 1.165) is 10.5 Å². The molecular weight excluding hydrogens is 513 g/mol. The van der Waals surface area contributed by atoms with Gasteiger partial charge in [-0.15, -0.1) is 0 Å². The van der Waals surface area contributed by atoms with Crippen molar-refractivity contribution in [3.8, 4) is 11.5 Å². The molecule has 1 aliphatic heterocycles. The van der Waals surface area contributed by atoms with E-state index in [4.69, 9.17) is 21.1 Å². The molecule has 0 spiro atoms. The summed E-state index contributed by atoms with van der Waals surface area (Å²) in [7, 11) is 0. The fraction of sp³-hybridized carbons (Fsp3) is 0.179. The summed E-state index contributed by atoms with van der Waals surface area (Å²) in [5.74, 6) is -1.08. The Morgan fingerprint density at radius 1 is 1.11 bits per heavy atom. The molecule has 2 N–H and O–H groups in total. The number of rotatable bonds is 9. The zero-order chi connectivity index (χ0) is 27.2. The molecule has 0 aromatic heterocycles. The van der Waals surface area contributed by atoms with Crippen LogP contribution in [0, 0.1) is 12.7 Å². The molecule has 0 saturated carbocycles. The second-order valence-electron chi connectivity index (χ2n) is 8.44. The molecule has 8 nitrogen and oxygen atoms in total. The average molecular weight is 538 g/mol. The summed E-state index contributed by atoms with van der Waals surface area (Å²) in [5, 5.41) is 5.33. The van der Waals surface area contributed by atoms with Gasteiger partial charge in [-0.2, -0.15) is 0 Å². The SMILES string of the molecule is CCOc1cc(/C=C2/NC(=O)N(CC(=O)Nc3cccc(C)c3)C2=O)cc(Cl)c1OCc1ccccc1F. The third-order valence-electron chi connectivity index (χ3n) is 5.54.